The van der Waals surface area contributed by atoms with Crippen LogP contribution in [-0.2, 0) is 16.2 Å². The highest BCUT2D eigenvalue weighted by atomic mass is 16.3. The van der Waals surface area contributed by atoms with Gasteiger partial charge in [0.05, 0.1) is 11.1 Å². The first kappa shape index (κ1) is 79.4. The van der Waals surface area contributed by atoms with Crippen molar-refractivity contribution in [1.29, 1.82) is 0 Å². The van der Waals surface area contributed by atoms with Gasteiger partial charge in [0.2, 0.25) is 0 Å². The smallest absolute Gasteiger partial charge is 0.182 e. The van der Waals surface area contributed by atoms with E-state index >= 15 is 0 Å². The zero-order valence-electron chi connectivity index (χ0n) is 73.7. The molecule has 9 heterocycles. The van der Waals surface area contributed by atoms with Crippen molar-refractivity contribution >= 4 is 65.8 Å². The number of benzene rings is 13. The number of hydrogen-bond acceptors (Lipinski definition) is 15. The lowest BCUT2D eigenvalue weighted by Crippen LogP contribution is -2.36. The largest absolute Gasteiger partial charge is 0.455 e. The minimum absolute atomic E-state index is 0.00612. The molecule has 131 heavy (non-hydrogen) atoms. The van der Waals surface area contributed by atoms with Gasteiger partial charge in [0.15, 0.2) is 52.4 Å². The fourth-order valence-corrected chi connectivity index (χ4v) is 19.9. The molecule has 2 unspecified atom stereocenters. The lowest BCUT2D eigenvalue weighted by molar-refractivity contribution is 0.255. The molecule has 0 saturated carbocycles. The molecular weight excluding hydrogens is 1610 g/mol. The Balaban J connectivity index is 0.000000112. The molecule has 25 rings (SSSR count). The summed E-state index contributed by atoms with van der Waals surface area (Å²) in [6.45, 7) is 20.9. The molecule has 22 aromatic rings. The van der Waals surface area contributed by atoms with Gasteiger partial charge in [0.1, 0.15) is 50.6 Å². The molecule has 0 fully saturated rings. The van der Waals surface area contributed by atoms with Crippen LogP contribution >= 0.6 is 0 Å². The molecular formula is C116H86N12O3. The maximum Gasteiger partial charge on any atom is 0.182 e. The average molecular weight is 1700 g/mol. The first-order chi connectivity index (χ1) is 63.9. The van der Waals surface area contributed by atoms with Crippen LogP contribution in [0, 0.1) is 11.3 Å². The van der Waals surface area contributed by atoms with Gasteiger partial charge < -0.3 is 13.3 Å². The third kappa shape index (κ3) is 13.2. The number of fused-ring (bicyclic) bond motifs is 18. The first-order valence-electron chi connectivity index (χ1n) is 44.5. The molecule has 9 aromatic heterocycles. The molecule has 0 aliphatic heterocycles. The number of nitrogens with zero attached hydrogens (tertiary/aromatic N) is 12. The second-order valence-electron chi connectivity index (χ2n) is 36.3. The van der Waals surface area contributed by atoms with Crippen molar-refractivity contribution in [2.24, 2.45) is 11.3 Å². The molecule has 0 saturated heterocycles. The summed E-state index contributed by atoms with van der Waals surface area (Å²) >= 11 is 0. The van der Waals surface area contributed by atoms with Crippen molar-refractivity contribution in [1.82, 2.24) is 59.8 Å². The van der Waals surface area contributed by atoms with Crippen LogP contribution in [0.5, 0.6) is 0 Å². The Bertz CT molecular complexity index is 8110. The number of para-hydroxylation sites is 3. The van der Waals surface area contributed by atoms with Crippen LogP contribution in [0.1, 0.15) is 95.7 Å². The van der Waals surface area contributed by atoms with Crippen LogP contribution in [0.3, 0.4) is 0 Å². The molecule has 0 radical (unpaired) electrons. The van der Waals surface area contributed by atoms with Gasteiger partial charge in [-0.2, -0.15) is 0 Å². The second kappa shape index (κ2) is 31.1. The molecule has 15 nitrogen and oxygen atoms in total. The van der Waals surface area contributed by atoms with Crippen molar-refractivity contribution in [3.63, 3.8) is 0 Å². The number of aromatic nitrogens is 12. The minimum Gasteiger partial charge on any atom is -0.455 e. The van der Waals surface area contributed by atoms with Crippen molar-refractivity contribution in [3.8, 4) is 147 Å². The van der Waals surface area contributed by atoms with E-state index in [1.807, 2.05) is 170 Å². The summed E-state index contributed by atoms with van der Waals surface area (Å²) in [5.41, 5.74) is 30.1. The summed E-state index contributed by atoms with van der Waals surface area (Å²) in [5.74, 6) is 5.53. The molecule has 13 aromatic carbocycles. The van der Waals surface area contributed by atoms with Gasteiger partial charge in [-0.15, -0.1) is 0 Å². The van der Waals surface area contributed by atoms with E-state index in [1.54, 1.807) is 18.6 Å². The minimum atomic E-state index is -0.168. The Morgan fingerprint density at radius 2 is 0.550 bits per heavy atom. The van der Waals surface area contributed by atoms with Crippen LogP contribution in [-0.4, -0.2) is 59.8 Å². The zero-order valence-corrected chi connectivity index (χ0v) is 73.7. The van der Waals surface area contributed by atoms with Crippen molar-refractivity contribution in [2.75, 3.05) is 0 Å². The predicted octanol–water partition coefficient (Wildman–Crippen LogP) is 28.7. The fourth-order valence-electron chi connectivity index (χ4n) is 19.9. The maximum atomic E-state index is 6.75. The topological polar surface area (TPSA) is 194 Å². The van der Waals surface area contributed by atoms with E-state index in [2.05, 4.69) is 241 Å². The molecule has 628 valence electrons. The second-order valence-corrected chi connectivity index (χ2v) is 36.3. The van der Waals surface area contributed by atoms with Crippen LogP contribution in [0.25, 0.3) is 213 Å². The van der Waals surface area contributed by atoms with E-state index in [0.29, 0.717) is 75.4 Å². The van der Waals surface area contributed by atoms with Gasteiger partial charge in [0, 0.05) is 95.0 Å². The fraction of sp³-hybridized carbons (Fsp3) is 0.121. The summed E-state index contributed by atoms with van der Waals surface area (Å²) in [6, 6.07) is 115. The van der Waals surface area contributed by atoms with Crippen molar-refractivity contribution in [2.45, 2.75) is 78.6 Å². The summed E-state index contributed by atoms with van der Waals surface area (Å²) in [5, 5.41) is 6.51. The average Bonchev–Trinajstić information content (AvgIpc) is 1.55. The Kier molecular flexibility index (Phi) is 18.8. The molecule has 3 aliphatic carbocycles. The quantitative estimate of drug-likeness (QED) is 0.119. The molecule has 0 spiro atoms. The maximum absolute atomic E-state index is 6.75. The van der Waals surface area contributed by atoms with Crippen LogP contribution in [0.4, 0.5) is 0 Å². The van der Waals surface area contributed by atoms with Gasteiger partial charge in [-0.05, 0) is 169 Å². The lowest BCUT2D eigenvalue weighted by atomic mass is 9.62. The third-order valence-corrected chi connectivity index (χ3v) is 27.4. The van der Waals surface area contributed by atoms with E-state index in [1.165, 1.54) is 66.8 Å². The van der Waals surface area contributed by atoms with Gasteiger partial charge in [0.25, 0.3) is 0 Å². The van der Waals surface area contributed by atoms with E-state index in [-0.39, 0.29) is 21.7 Å². The SMILES string of the molecule is CC(C)(C)C1(C)c2ccccc2-c2cc3c(cc21)oc1c(-c2nc(-c4ccccn4)nc(-c4ccccn4)n2)cccc13.CC(C)C1(C)c2ccccc2-c2cc3c(cc21)oc1c(-c2ccc(-c4nc(-c5ccccc5)nc(-c5ccccc5)n4)cc2)cccc13.CC1(C)c2ccccc2-c2cc3c(cc21)oc1c(-c2nc(-c4ccccc4)nc(-c4ccccn4)n2)cccc13. The van der Waals surface area contributed by atoms with Crippen molar-refractivity contribution in [3.05, 3.63) is 386 Å². The first-order valence-corrected chi connectivity index (χ1v) is 44.5. The van der Waals surface area contributed by atoms with E-state index in [0.717, 1.165) is 110 Å². The number of furan rings is 3. The van der Waals surface area contributed by atoms with Crippen LogP contribution in [0.15, 0.2) is 365 Å². The van der Waals surface area contributed by atoms with E-state index < -0.39 is 0 Å². The molecule has 3 aliphatic rings. The highest BCUT2D eigenvalue weighted by Gasteiger charge is 2.48. The van der Waals surface area contributed by atoms with Crippen LogP contribution in [0.2, 0.25) is 0 Å². The molecule has 0 N–H and O–H groups in total. The van der Waals surface area contributed by atoms with E-state index in [4.69, 9.17) is 58.1 Å². The highest BCUT2D eigenvalue weighted by Crippen LogP contribution is 2.60. The number of hydrogen-bond donors (Lipinski definition) is 0. The lowest BCUT2D eigenvalue weighted by Gasteiger charge is -2.40. The molecule has 0 bridgehead atoms. The van der Waals surface area contributed by atoms with Gasteiger partial charge >= 0.3 is 0 Å². The summed E-state index contributed by atoms with van der Waals surface area (Å²) in [7, 11) is 0. The zero-order chi connectivity index (χ0) is 88.6. The predicted molar refractivity (Wildman–Crippen MR) is 525 cm³/mol. The molecule has 0 amide bonds. The number of rotatable bonds is 11. The van der Waals surface area contributed by atoms with Crippen LogP contribution < -0.4 is 0 Å². The normalized spacial score (nSPS) is 14.9. The highest BCUT2D eigenvalue weighted by molar-refractivity contribution is 6.14. The standard InChI is InChI=1S/C44H33N3O.C37H29N5O.C35H24N4O/c1-27(2)44(3)37-20-11-10-17-33(37)35-25-36-34-19-12-18-32(40(34)48-39(36)26-38(35)44)28-21-23-31(24-22-28)43-46-41(29-13-6-4-7-14-29)45-42(47-43)30-15-8-5-9-16-30;1-36(2,3)37(4)27-15-6-5-12-22(27)25-20-26-23-13-11-14-24(32(23)43-31(26)21-28(25)37)33-40-34(29-16-7-9-18-38-29)42-35(41-33)30-17-8-10-19-39-30;1-35(2)27-16-7-6-13-22(27)25-19-26-23-14-10-15-24(31(23)40-30(26)20-28(25)35)33-37-32(21-11-4-3-5-12-21)38-34(39-33)29-17-8-9-18-36-29/h4-27H,1-3H3;5-21H,1-4H3;3-20H,1-2H3. The van der Waals surface area contributed by atoms with Crippen molar-refractivity contribution < 1.29 is 13.3 Å². The Labute approximate surface area is 756 Å². The Hall–Kier alpha value is -16.3. The van der Waals surface area contributed by atoms with E-state index in [9.17, 15) is 0 Å². The molecule has 15 heteroatoms. The van der Waals surface area contributed by atoms with Gasteiger partial charge in [-0.25, -0.2) is 44.9 Å². The third-order valence-electron chi connectivity index (χ3n) is 27.4. The Morgan fingerprint density at radius 3 is 0.985 bits per heavy atom. The van der Waals surface area contributed by atoms with Gasteiger partial charge in [-0.3, -0.25) is 15.0 Å². The Morgan fingerprint density at radius 1 is 0.237 bits per heavy atom. The molecule has 2 atom stereocenters. The number of pyridine rings is 3. The summed E-state index contributed by atoms with van der Waals surface area (Å²) in [4.78, 5) is 57.3. The summed E-state index contributed by atoms with van der Waals surface area (Å²) in [6.07, 6.45) is 5.23. The monoisotopic (exact) mass is 1690 g/mol. The van der Waals surface area contributed by atoms with Gasteiger partial charge in [-0.1, -0.05) is 311 Å². The summed E-state index contributed by atoms with van der Waals surface area (Å²) < 4.78 is 20.1.